The number of hydrogen-bond acceptors (Lipinski definition) is 2. The van der Waals surface area contributed by atoms with Gasteiger partial charge in [-0.25, -0.2) is 0 Å². The summed E-state index contributed by atoms with van der Waals surface area (Å²) in [5.41, 5.74) is 2.02. The molecule has 4 heteroatoms. The number of aromatic hydroxyl groups is 2. The number of para-hydroxylation sites is 1. The lowest BCUT2D eigenvalue weighted by molar-refractivity contribution is 0.469. The highest BCUT2D eigenvalue weighted by Gasteiger charge is 2.02. The van der Waals surface area contributed by atoms with E-state index < -0.39 is 0 Å². The predicted octanol–water partition coefficient (Wildman–Crippen LogP) is 5.68. The van der Waals surface area contributed by atoms with Crippen molar-refractivity contribution in [1.29, 1.82) is 0 Å². The summed E-state index contributed by atoms with van der Waals surface area (Å²) in [7, 11) is 0. The zero-order valence-electron chi connectivity index (χ0n) is 12.3. The van der Waals surface area contributed by atoms with E-state index in [2.05, 4.69) is 0 Å². The van der Waals surface area contributed by atoms with Crippen molar-refractivity contribution in [2.24, 2.45) is 0 Å². The van der Waals surface area contributed by atoms with Gasteiger partial charge in [-0.2, -0.15) is 0 Å². The Kier molecular flexibility index (Phi) is 6.33. The Morgan fingerprint density at radius 3 is 1.96 bits per heavy atom. The van der Waals surface area contributed by atoms with Crippen molar-refractivity contribution >= 4 is 23.2 Å². The van der Waals surface area contributed by atoms with Crippen molar-refractivity contribution < 1.29 is 10.2 Å². The molecular weight excluding hydrogens is 331 g/mol. The van der Waals surface area contributed by atoms with Crippen LogP contribution in [0.1, 0.15) is 11.1 Å². The van der Waals surface area contributed by atoms with Crippen molar-refractivity contribution in [2.75, 3.05) is 0 Å². The van der Waals surface area contributed by atoms with E-state index >= 15 is 0 Å². The second kappa shape index (κ2) is 8.47. The number of phenolic OH excluding ortho intramolecular Hbond substituents is 2. The fraction of sp³-hybridized carbons (Fsp3) is 0.0526. The molecule has 2 N–H and O–H groups in total. The van der Waals surface area contributed by atoms with E-state index in [1.165, 1.54) is 0 Å². The van der Waals surface area contributed by atoms with Crippen LogP contribution >= 0.6 is 23.2 Å². The standard InChI is InChI=1S/C13H11ClO.C6H5ClO/c14-12-6-7-13(15)11(9-12)8-10-4-2-1-3-5-10;7-5-3-1-2-4-6(5)8/h1-7,9,15H,8H2;1-4,8H. The maximum Gasteiger partial charge on any atom is 0.134 e. The molecule has 3 aromatic rings. The molecule has 0 heterocycles. The van der Waals surface area contributed by atoms with Crippen molar-refractivity contribution in [2.45, 2.75) is 6.42 Å². The van der Waals surface area contributed by atoms with Crippen LogP contribution in [0.15, 0.2) is 72.8 Å². The van der Waals surface area contributed by atoms with E-state index in [1.807, 2.05) is 30.3 Å². The van der Waals surface area contributed by atoms with E-state index in [-0.39, 0.29) is 5.75 Å². The van der Waals surface area contributed by atoms with Crippen LogP contribution in [0.3, 0.4) is 0 Å². The molecule has 0 radical (unpaired) electrons. The monoisotopic (exact) mass is 346 g/mol. The first-order chi connectivity index (χ1) is 11.1. The van der Waals surface area contributed by atoms with Gasteiger partial charge in [0.25, 0.3) is 0 Å². The highest BCUT2D eigenvalue weighted by atomic mass is 35.5. The van der Waals surface area contributed by atoms with Crippen LogP contribution in [0.2, 0.25) is 10.0 Å². The minimum Gasteiger partial charge on any atom is -0.508 e. The smallest absolute Gasteiger partial charge is 0.134 e. The molecule has 0 atom stereocenters. The Morgan fingerprint density at radius 1 is 0.696 bits per heavy atom. The van der Waals surface area contributed by atoms with Crippen LogP contribution < -0.4 is 0 Å². The summed E-state index contributed by atoms with van der Waals surface area (Å²) in [5, 5.41) is 19.5. The normalized spacial score (nSPS) is 9.83. The predicted molar refractivity (Wildman–Crippen MR) is 95.5 cm³/mol. The Morgan fingerprint density at radius 2 is 1.35 bits per heavy atom. The number of halogens is 2. The average molecular weight is 347 g/mol. The third kappa shape index (κ3) is 5.51. The van der Waals surface area contributed by atoms with Gasteiger partial charge in [-0.05, 0) is 41.5 Å². The third-order valence-corrected chi connectivity index (χ3v) is 3.69. The first-order valence-electron chi connectivity index (χ1n) is 7.01. The van der Waals surface area contributed by atoms with Crippen LogP contribution in [-0.4, -0.2) is 10.2 Å². The highest BCUT2D eigenvalue weighted by Crippen LogP contribution is 2.24. The van der Waals surface area contributed by atoms with Crippen molar-refractivity contribution in [3.8, 4) is 11.5 Å². The van der Waals surface area contributed by atoms with E-state index in [0.717, 1.165) is 11.1 Å². The van der Waals surface area contributed by atoms with E-state index in [4.69, 9.17) is 28.3 Å². The van der Waals surface area contributed by atoms with E-state index in [9.17, 15) is 5.11 Å². The van der Waals surface area contributed by atoms with Gasteiger partial charge in [-0.1, -0.05) is 65.7 Å². The van der Waals surface area contributed by atoms with Crippen LogP contribution in [0.4, 0.5) is 0 Å². The molecule has 0 amide bonds. The first kappa shape index (κ1) is 17.2. The van der Waals surface area contributed by atoms with Crippen LogP contribution in [-0.2, 0) is 6.42 Å². The van der Waals surface area contributed by atoms with Crippen LogP contribution in [0.25, 0.3) is 0 Å². The lowest BCUT2D eigenvalue weighted by Gasteiger charge is -2.05. The maximum absolute atomic E-state index is 9.64. The van der Waals surface area contributed by atoms with Gasteiger partial charge in [-0.15, -0.1) is 0 Å². The molecular formula is C19H16Cl2O2. The number of rotatable bonds is 2. The van der Waals surface area contributed by atoms with Crippen LogP contribution in [0.5, 0.6) is 11.5 Å². The Labute approximate surface area is 145 Å². The van der Waals surface area contributed by atoms with Gasteiger partial charge in [0, 0.05) is 11.4 Å². The van der Waals surface area contributed by atoms with Crippen LogP contribution in [0, 0.1) is 0 Å². The molecule has 118 valence electrons. The molecule has 0 aliphatic rings. The van der Waals surface area contributed by atoms with Gasteiger partial charge in [0.1, 0.15) is 11.5 Å². The molecule has 0 aliphatic carbocycles. The summed E-state index contributed by atoms with van der Waals surface area (Å²) < 4.78 is 0. The lowest BCUT2D eigenvalue weighted by atomic mass is 10.0. The molecule has 0 bridgehead atoms. The molecule has 0 fully saturated rings. The molecule has 0 aliphatic heterocycles. The topological polar surface area (TPSA) is 40.5 Å². The minimum absolute atomic E-state index is 0.133. The first-order valence-corrected chi connectivity index (χ1v) is 7.76. The molecule has 0 saturated carbocycles. The van der Waals surface area contributed by atoms with Gasteiger partial charge in [0.05, 0.1) is 5.02 Å². The fourth-order valence-corrected chi connectivity index (χ4v) is 2.29. The summed E-state index contributed by atoms with van der Waals surface area (Å²) in [6, 6.07) is 21.8. The second-order valence-electron chi connectivity index (χ2n) is 4.89. The summed E-state index contributed by atoms with van der Waals surface area (Å²) in [6.07, 6.45) is 0.702. The molecule has 23 heavy (non-hydrogen) atoms. The van der Waals surface area contributed by atoms with E-state index in [1.54, 1.807) is 42.5 Å². The minimum atomic E-state index is 0.133. The SMILES string of the molecule is Oc1ccc(Cl)cc1Cc1ccccc1.Oc1ccccc1Cl. The Hall–Kier alpha value is -2.16. The van der Waals surface area contributed by atoms with Crippen molar-refractivity contribution in [3.63, 3.8) is 0 Å². The zero-order chi connectivity index (χ0) is 16.7. The average Bonchev–Trinajstić information content (AvgIpc) is 2.55. The highest BCUT2D eigenvalue weighted by molar-refractivity contribution is 6.32. The van der Waals surface area contributed by atoms with Crippen molar-refractivity contribution in [3.05, 3.63) is 94.0 Å². The number of phenols is 2. The van der Waals surface area contributed by atoms with Gasteiger partial charge >= 0.3 is 0 Å². The lowest BCUT2D eigenvalue weighted by Crippen LogP contribution is -1.88. The molecule has 0 saturated heterocycles. The third-order valence-electron chi connectivity index (χ3n) is 3.13. The molecule has 2 nitrogen and oxygen atoms in total. The zero-order valence-corrected chi connectivity index (χ0v) is 13.8. The summed E-state index contributed by atoms with van der Waals surface area (Å²) in [5.74, 6) is 0.428. The van der Waals surface area contributed by atoms with Crippen molar-refractivity contribution in [1.82, 2.24) is 0 Å². The molecule has 0 aromatic heterocycles. The molecule has 3 rings (SSSR count). The van der Waals surface area contributed by atoms with Gasteiger partial charge < -0.3 is 10.2 Å². The van der Waals surface area contributed by atoms with E-state index in [0.29, 0.717) is 22.2 Å². The van der Waals surface area contributed by atoms with Gasteiger partial charge in [0.2, 0.25) is 0 Å². The number of hydrogen-bond donors (Lipinski definition) is 2. The maximum atomic E-state index is 9.64. The Bertz CT molecular complexity index is 737. The number of benzene rings is 3. The molecule has 0 spiro atoms. The molecule has 0 unspecified atom stereocenters. The summed E-state index contributed by atoms with van der Waals surface area (Å²) in [4.78, 5) is 0. The quantitative estimate of drug-likeness (QED) is 0.626. The second-order valence-corrected chi connectivity index (χ2v) is 5.73. The summed E-state index contributed by atoms with van der Waals surface area (Å²) >= 11 is 11.3. The summed E-state index contributed by atoms with van der Waals surface area (Å²) in [6.45, 7) is 0. The fourth-order valence-electron chi connectivity index (χ4n) is 1.96. The largest absolute Gasteiger partial charge is 0.508 e. The molecule has 3 aromatic carbocycles. The Balaban J connectivity index is 0.000000203. The van der Waals surface area contributed by atoms with Gasteiger partial charge in [0.15, 0.2) is 0 Å². The van der Waals surface area contributed by atoms with Gasteiger partial charge in [-0.3, -0.25) is 0 Å².